The van der Waals surface area contributed by atoms with Crippen molar-refractivity contribution in [2.75, 3.05) is 20.0 Å². The average Bonchev–Trinajstić information content (AvgIpc) is 2.33. The first kappa shape index (κ1) is 13.4. The molecule has 0 fully saturated rings. The summed E-state index contributed by atoms with van der Waals surface area (Å²) in [5.41, 5.74) is 4.84. The van der Waals surface area contributed by atoms with Crippen molar-refractivity contribution in [3.8, 4) is 0 Å². The number of esters is 2. The number of ether oxygens (including phenoxy) is 2. The largest absolute Gasteiger partial charge is 0.465 e. The first-order chi connectivity index (χ1) is 7.93. The van der Waals surface area contributed by atoms with Gasteiger partial charge in [0.2, 0.25) is 0 Å². The van der Waals surface area contributed by atoms with Crippen LogP contribution < -0.4 is 5.73 Å². The zero-order valence-corrected chi connectivity index (χ0v) is 10.6. The Morgan fingerprint density at radius 2 is 1.82 bits per heavy atom. The quantitative estimate of drug-likeness (QED) is 0.665. The van der Waals surface area contributed by atoms with Crippen molar-refractivity contribution in [3.63, 3.8) is 0 Å². The van der Waals surface area contributed by atoms with Gasteiger partial charge in [-0.25, -0.2) is 14.0 Å². The number of anilines is 1. The Hall–Kier alpha value is -1.63. The third-order valence-corrected chi connectivity index (χ3v) is 2.86. The predicted octanol–water partition coefficient (Wildman–Crippen LogP) is 1.74. The van der Waals surface area contributed by atoms with Crippen LogP contribution in [0.1, 0.15) is 20.7 Å². The fourth-order valence-corrected chi connectivity index (χ4v) is 1.55. The summed E-state index contributed by atoms with van der Waals surface area (Å²) in [5.74, 6) is -2.48. The predicted molar refractivity (Wildman–Crippen MR) is 61.2 cm³/mol. The van der Waals surface area contributed by atoms with Gasteiger partial charge in [0.1, 0.15) is 5.82 Å². The highest BCUT2D eigenvalue weighted by Gasteiger charge is 2.25. The summed E-state index contributed by atoms with van der Waals surface area (Å²) in [6, 6.07) is 0.860. The minimum atomic E-state index is -0.872. The molecule has 1 rings (SSSR count). The van der Waals surface area contributed by atoms with Gasteiger partial charge in [0.25, 0.3) is 0 Å². The molecule has 0 bridgehead atoms. The maximum Gasteiger partial charge on any atom is 0.340 e. The van der Waals surface area contributed by atoms with Crippen molar-refractivity contribution >= 4 is 33.6 Å². The van der Waals surface area contributed by atoms with E-state index in [1.54, 1.807) is 0 Å². The lowest BCUT2D eigenvalue weighted by molar-refractivity contribution is 0.0555. The Morgan fingerprint density at radius 3 is 2.29 bits per heavy atom. The van der Waals surface area contributed by atoms with E-state index < -0.39 is 17.8 Å². The molecule has 0 aliphatic rings. The zero-order chi connectivity index (χ0) is 13.2. The minimum absolute atomic E-state index is 0.106. The summed E-state index contributed by atoms with van der Waals surface area (Å²) >= 11 is 2.87. The number of nitrogens with two attached hydrogens (primary N) is 1. The van der Waals surface area contributed by atoms with Gasteiger partial charge >= 0.3 is 11.9 Å². The molecule has 0 radical (unpaired) electrons. The lowest BCUT2D eigenvalue weighted by Gasteiger charge is -2.11. The van der Waals surface area contributed by atoms with Gasteiger partial charge in [-0.1, -0.05) is 0 Å². The van der Waals surface area contributed by atoms with Gasteiger partial charge < -0.3 is 15.2 Å². The molecule has 0 saturated heterocycles. The summed E-state index contributed by atoms with van der Waals surface area (Å²) in [5, 5.41) is 0. The topological polar surface area (TPSA) is 78.6 Å². The lowest BCUT2D eigenvalue weighted by atomic mass is 10.1. The van der Waals surface area contributed by atoms with E-state index in [4.69, 9.17) is 5.73 Å². The molecular weight excluding hydrogens is 297 g/mol. The number of hydrogen-bond donors (Lipinski definition) is 1. The number of benzene rings is 1. The molecule has 5 nitrogen and oxygen atoms in total. The second kappa shape index (κ2) is 5.13. The highest BCUT2D eigenvalue weighted by molar-refractivity contribution is 9.10. The fourth-order valence-electron chi connectivity index (χ4n) is 1.24. The van der Waals surface area contributed by atoms with Crippen LogP contribution >= 0.6 is 15.9 Å². The first-order valence-electron chi connectivity index (χ1n) is 4.38. The zero-order valence-electron chi connectivity index (χ0n) is 9.04. The highest BCUT2D eigenvalue weighted by Crippen LogP contribution is 2.30. The van der Waals surface area contributed by atoms with Crippen LogP contribution in [0.4, 0.5) is 10.1 Å². The van der Waals surface area contributed by atoms with Crippen molar-refractivity contribution in [2.24, 2.45) is 0 Å². The third-order valence-electron chi connectivity index (χ3n) is 2.05. The Labute approximate surface area is 105 Å². The molecular formula is C10H9BrFNO4. The maximum absolute atomic E-state index is 13.4. The Bertz CT molecular complexity index is 490. The monoisotopic (exact) mass is 305 g/mol. The van der Waals surface area contributed by atoms with Crippen LogP contribution in [0, 0.1) is 5.82 Å². The highest BCUT2D eigenvalue weighted by atomic mass is 79.9. The van der Waals surface area contributed by atoms with E-state index in [0.717, 1.165) is 20.3 Å². The molecule has 0 spiro atoms. The Kier molecular flexibility index (Phi) is 4.06. The fraction of sp³-hybridized carbons (Fsp3) is 0.200. The molecule has 17 heavy (non-hydrogen) atoms. The van der Waals surface area contributed by atoms with Gasteiger partial charge in [0.05, 0.1) is 35.5 Å². The molecule has 0 atom stereocenters. The summed E-state index contributed by atoms with van der Waals surface area (Å²) < 4.78 is 22.2. The van der Waals surface area contributed by atoms with Gasteiger partial charge in [0, 0.05) is 0 Å². The van der Waals surface area contributed by atoms with Gasteiger partial charge in [-0.3, -0.25) is 0 Å². The summed E-state index contributed by atoms with van der Waals surface area (Å²) in [6.07, 6.45) is 0. The van der Waals surface area contributed by atoms with Crippen LogP contribution in [0.5, 0.6) is 0 Å². The second-order valence-electron chi connectivity index (χ2n) is 2.99. The number of nitrogen functional groups attached to an aromatic ring is 1. The maximum atomic E-state index is 13.4. The number of hydrogen-bond acceptors (Lipinski definition) is 5. The van der Waals surface area contributed by atoms with E-state index >= 15 is 0 Å². The molecule has 7 heteroatoms. The van der Waals surface area contributed by atoms with E-state index in [1.165, 1.54) is 0 Å². The van der Waals surface area contributed by atoms with E-state index in [-0.39, 0.29) is 21.3 Å². The van der Waals surface area contributed by atoms with Crippen LogP contribution in [-0.2, 0) is 9.47 Å². The van der Waals surface area contributed by atoms with Crippen molar-refractivity contribution < 1.29 is 23.5 Å². The van der Waals surface area contributed by atoms with Crippen LogP contribution in [0.3, 0.4) is 0 Å². The van der Waals surface area contributed by atoms with E-state index in [0.29, 0.717) is 0 Å². The van der Waals surface area contributed by atoms with Gasteiger partial charge in [-0.15, -0.1) is 0 Å². The molecule has 0 aromatic heterocycles. The van der Waals surface area contributed by atoms with Crippen LogP contribution in [0.15, 0.2) is 10.5 Å². The van der Waals surface area contributed by atoms with E-state index in [2.05, 4.69) is 25.4 Å². The smallest absolute Gasteiger partial charge is 0.340 e. The number of methoxy groups -OCH3 is 2. The third kappa shape index (κ3) is 2.38. The molecule has 0 amide bonds. The number of halogens is 2. The van der Waals surface area contributed by atoms with Gasteiger partial charge in [-0.05, 0) is 22.0 Å². The molecule has 1 aromatic rings. The first-order valence-corrected chi connectivity index (χ1v) is 5.17. The van der Waals surface area contributed by atoms with Crippen molar-refractivity contribution in [1.29, 1.82) is 0 Å². The summed E-state index contributed by atoms with van der Waals surface area (Å²) in [6.45, 7) is 0. The molecule has 0 unspecified atom stereocenters. The molecule has 1 aromatic carbocycles. The van der Waals surface area contributed by atoms with Crippen molar-refractivity contribution in [3.05, 3.63) is 27.5 Å². The summed E-state index contributed by atoms with van der Waals surface area (Å²) in [7, 11) is 2.24. The second-order valence-corrected chi connectivity index (χ2v) is 3.78. The molecule has 0 heterocycles. The minimum Gasteiger partial charge on any atom is -0.465 e. The molecule has 2 N–H and O–H groups in total. The molecule has 92 valence electrons. The van der Waals surface area contributed by atoms with E-state index in [9.17, 15) is 14.0 Å². The van der Waals surface area contributed by atoms with Crippen LogP contribution in [-0.4, -0.2) is 26.2 Å². The van der Waals surface area contributed by atoms with E-state index in [1.807, 2.05) is 0 Å². The standard InChI is InChI=1S/C10H9BrFNO4/c1-16-9(14)4-3-5(12)7(11)8(13)6(4)10(15)17-2/h3H,13H2,1-2H3. The number of carbonyl (C=O) groups excluding carboxylic acids is 2. The van der Waals surface area contributed by atoms with Crippen LogP contribution in [0.2, 0.25) is 0 Å². The van der Waals surface area contributed by atoms with Crippen molar-refractivity contribution in [2.45, 2.75) is 0 Å². The van der Waals surface area contributed by atoms with Crippen LogP contribution in [0.25, 0.3) is 0 Å². The average molecular weight is 306 g/mol. The van der Waals surface area contributed by atoms with Gasteiger partial charge in [-0.2, -0.15) is 0 Å². The summed E-state index contributed by atoms with van der Waals surface area (Å²) in [4.78, 5) is 22.9. The molecule has 0 saturated carbocycles. The number of carbonyl (C=O) groups is 2. The molecule has 0 aliphatic carbocycles. The Balaban J connectivity index is 3.57. The lowest BCUT2D eigenvalue weighted by Crippen LogP contribution is -2.15. The normalized spacial score (nSPS) is 9.88. The SMILES string of the molecule is COC(=O)c1cc(F)c(Br)c(N)c1C(=O)OC. The number of rotatable bonds is 2. The van der Waals surface area contributed by atoms with Gasteiger partial charge in [0.15, 0.2) is 0 Å². The molecule has 0 aliphatic heterocycles. The Morgan fingerprint density at radius 1 is 1.29 bits per heavy atom. The van der Waals surface area contributed by atoms with Crippen molar-refractivity contribution in [1.82, 2.24) is 0 Å².